The molecule has 0 radical (unpaired) electrons. The molecular formula is C32H36N2O8S. The molecule has 1 saturated carbocycles. The van der Waals surface area contributed by atoms with E-state index < -0.39 is 33.4 Å². The van der Waals surface area contributed by atoms with Gasteiger partial charge in [0.2, 0.25) is 0 Å². The van der Waals surface area contributed by atoms with Crippen molar-refractivity contribution in [2.45, 2.75) is 74.4 Å². The van der Waals surface area contributed by atoms with Gasteiger partial charge in [0.1, 0.15) is 22.9 Å². The van der Waals surface area contributed by atoms with Crippen LogP contribution in [-0.4, -0.2) is 55.4 Å². The minimum Gasteiger partial charge on any atom is -0.456 e. The second-order valence-corrected chi connectivity index (χ2v) is 13.9. The molecule has 1 N–H and O–H groups in total. The average Bonchev–Trinajstić information content (AvgIpc) is 3.84. The Labute approximate surface area is 251 Å². The molecule has 5 rings (SSSR count). The van der Waals surface area contributed by atoms with E-state index in [1.807, 2.05) is 0 Å². The van der Waals surface area contributed by atoms with Gasteiger partial charge in [0.05, 0.1) is 28.0 Å². The van der Waals surface area contributed by atoms with Crippen molar-refractivity contribution in [3.05, 3.63) is 78.0 Å². The fourth-order valence-corrected chi connectivity index (χ4v) is 6.22. The molecule has 1 aliphatic carbocycles. The van der Waals surface area contributed by atoms with Gasteiger partial charge in [-0.15, -0.1) is 0 Å². The normalized spacial score (nSPS) is 16.7. The Morgan fingerprint density at radius 2 is 1.67 bits per heavy atom. The Morgan fingerprint density at radius 1 is 0.953 bits per heavy atom. The molecule has 11 heteroatoms. The Hall–Kier alpha value is -3.80. The summed E-state index contributed by atoms with van der Waals surface area (Å²) in [6.45, 7) is 6.49. The van der Waals surface area contributed by atoms with Crippen LogP contribution in [0.4, 0.5) is 5.82 Å². The maximum Gasteiger partial charge on any atom is 0.338 e. The molecule has 2 heterocycles. The van der Waals surface area contributed by atoms with Gasteiger partial charge in [0.15, 0.2) is 15.9 Å². The first-order chi connectivity index (χ1) is 20.5. The molecule has 1 atom stereocenters. The molecule has 2 aliphatic rings. The zero-order valence-corrected chi connectivity index (χ0v) is 25.3. The lowest BCUT2D eigenvalue weighted by atomic mass is 10.1. The van der Waals surface area contributed by atoms with Crippen molar-refractivity contribution < 1.29 is 37.0 Å². The van der Waals surface area contributed by atoms with Crippen molar-refractivity contribution in [3.63, 3.8) is 0 Å². The van der Waals surface area contributed by atoms with Gasteiger partial charge in [0.25, 0.3) is 5.91 Å². The number of aromatic nitrogens is 1. The van der Waals surface area contributed by atoms with Crippen LogP contribution in [0.2, 0.25) is 0 Å². The van der Waals surface area contributed by atoms with Crippen LogP contribution >= 0.6 is 0 Å². The third-order valence-corrected chi connectivity index (χ3v) is 9.18. The molecule has 10 nitrogen and oxygen atoms in total. The fraction of sp³-hybridized carbons (Fsp3) is 0.406. The third-order valence-electron chi connectivity index (χ3n) is 6.90. The lowest BCUT2D eigenvalue weighted by molar-refractivity contribution is -0.136. The van der Waals surface area contributed by atoms with Gasteiger partial charge in [-0.1, -0.05) is 18.2 Å². The van der Waals surface area contributed by atoms with Crippen LogP contribution < -0.4 is 10.1 Å². The highest BCUT2D eigenvalue weighted by atomic mass is 32.2. The van der Waals surface area contributed by atoms with Gasteiger partial charge >= 0.3 is 5.97 Å². The van der Waals surface area contributed by atoms with Crippen LogP contribution in [0.3, 0.4) is 0 Å². The van der Waals surface area contributed by atoms with Crippen molar-refractivity contribution >= 4 is 27.5 Å². The number of carbonyl (C=O) groups excluding carboxylic acids is 2. The molecule has 2 aromatic carbocycles. The topological polar surface area (TPSA) is 130 Å². The van der Waals surface area contributed by atoms with Gasteiger partial charge in [-0.05, 0) is 94.5 Å². The first kappa shape index (κ1) is 30.7. The lowest BCUT2D eigenvalue weighted by Crippen LogP contribution is -2.31. The highest BCUT2D eigenvalue weighted by Crippen LogP contribution is 2.34. The quantitative estimate of drug-likeness (QED) is 0.291. The van der Waals surface area contributed by atoms with Crippen molar-refractivity contribution in [1.82, 2.24) is 4.98 Å². The summed E-state index contributed by atoms with van der Waals surface area (Å²) in [7, 11) is -3.35. The predicted octanol–water partition coefficient (Wildman–Crippen LogP) is 5.64. The number of sulfone groups is 1. The number of amides is 1. The van der Waals surface area contributed by atoms with Crippen molar-refractivity contribution in [2.75, 3.05) is 18.5 Å². The Balaban J connectivity index is 1.27. The lowest BCUT2D eigenvalue weighted by Gasteiger charge is -2.27. The Bertz CT molecular complexity index is 1540. The number of nitrogens with one attached hydrogen (secondary N) is 1. The number of esters is 1. The minimum absolute atomic E-state index is 0.181. The number of benzene rings is 2. The van der Waals surface area contributed by atoms with E-state index in [-0.39, 0.29) is 22.1 Å². The predicted molar refractivity (Wildman–Crippen MR) is 159 cm³/mol. The van der Waals surface area contributed by atoms with E-state index in [0.717, 1.165) is 0 Å². The third kappa shape index (κ3) is 8.19. The largest absolute Gasteiger partial charge is 0.456 e. The van der Waals surface area contributed by atoms with Gasteiger partial charge in [-0.25, -0.2) is 18.2 Å². The van der Waals surface area contributed by atoms with Crippen LogP contribution in [-0.2, 0) is 28.8 Å². The number of pyridine rings is 1. The molecule has 0 bridgehead atoms. The second-order valence-electron chi connectivity index (χ2n) is 11.6. The Kier molecular flexibility index (Phi) is 9.14. The summed E-state index contributed by atoms with van der Waals surface area (Å²) < 4.78 is 48.2. The molecule has 1 unspecified atom stereocenters. The van der Waals surface area contributed by atoms with Gasteiger partial charge < -0.3 is 24.3 Å². The van der Waals surface area contributed by atoms with Crippen molar-refractivity contribution in [2.24, 2.45) is 0 Å². The Morgan fingerprint density at radius 3 is 2.30 bits per heavy atom. The van der Waals surface area contributed by atoms with Crippen molar-refractivity contribution in [3.8, 4) is 11.5 Å². The summed E-state index contributed by atoms with van der Waals surface area (Å²) >= 11 is 0. The number of ether oxygens (including phenoxy) is 4. The molecule has 43 heavy (non-hydrogen) atoms. The number of nitrogens with zero attached hydrogens (tertiary/aromatic N) is 1. The molecule has 1 amide bonds. The summed E-state index contributed by atoms with van der Waals surface area (Å²) in [5.74, 6) is 0.232. The average molecular weight is 609 g/mol. The van der Waals surface area contributed by atoms with Crippen molar-refractivity contribution in [1.29, 1.82) is 0 Å². The van der Waals surface area contributed by atoms with E-state index in [0.29, 0.717) is 61.5 Å². The standard InChI is InChI=1S/C32H36N2O8S/c1-32(2,3)42-31(36)22-5-4-6-24(19-22)40-25-9-14-28(33-20-25)34-30(35)29(41-23-15-17-39-18-16-23)21-7-10-26(11-8-21)43(37,38)27-12-13-27/h4-11,14,19-20,23,27,29H,12-13,15-18H2,1-3H3,(H,33,34,35). The van der Waals surface area contributed by atoms with E-state index >= 15 is 0 Å². The maximum absolute atomic E-state index is 13.5. The molecule has 228 valence electrons. The van der Waals surface area contributed by atoms with Gasteiger partial charge in [-0.2, -0.15) is 0 Å². The first-order valence-electron chi connectivity index (χ1n) is 14.3. The van der Waals surface area contributed by atoms with E-state index in [1.165, 1.54) is 6.20 Å². The summed E-state index contributed by atoms with van der Waals surface area (Å²) in [5, 5.41) is 2.48. The summed E-state index contributed by atoms with van der Waals surface area (Å²) in [6.07, 6.45) is 2.96. The zero-order valence-electron chi connectivity index (χ0n) is 24.4. The van der Waals surface area contributed by atoms with Crippen LogP contribution in [0.15, 0.2) is 71.8 Å². The molecule has 1 aliphatic heterocycles. The smallest absolute Gasteiger partial charge is 0.338 e. The summed E-state index contributed by atoms with van der Waals surface area (Å²) in [5.41, 5.74) is 0.286. The number of hydrogen-bond acceptors (Lipinski definition) is 9. The number of hydrogen-bond donors (Lipinski definition) is 1. The van der Waals surface area contributed by atoms with Crippen LogP contribution in [0.1, 0.15) is 68.5 Å². The van der Waals surface area contributed by atoms with E-state index in [1.54, 1.807) is 81.4 Å². The number of carbonyl (C=O) groups is 2. The minimum atomic E-state index is -3.35. The van der Waals surface area contributed by atoms with Crippen LogP contribution in [0.5, 0.6) is 11.5 Å². The molecular weight excluding hydrogens is 572 g/mol. The molecule has 0 spiro atoms. The van der Waals surface area contributed by atoms with E-state index in [9.17, 15) is 18.0 Å². The molecule has 1 saturated heterocycles. The maximum atomic E-state index is 13.5. The first-order valence-corrected chi connectivity index (χ1v) is 15.9. The number of anilines is 1. The summed E-state index contributed by atoms with van der Waals surface area (Å²) in [4.78, 5) is 30.4. The van der Waals surface area contributed by atoms with Crippen LogP contribution in [0, 0.1) is 0 Å². The van der Waals surface area contributed by atoms with E-state index in [4.69, 9.17) is 18.9 Å². The SMILES string of the molecule is CC(C)(C)OC(=O)c1cccc(Oc2ccc(NC(=O)C(OC3CCOCC3)c3ccc(S(=O)(=O)C4CC4)cc3)nc2)c1. The van der Waals surface area contributed by atoms with Crippen LogP contribution in [0.25, 0.3) is 0 Å². The zero-order chi connectivity index (χ0) is 30.6. The second kappa shape index (κ2) is 12.8. The monoisotopic (exact) mass is 608 g/mol. The number of rotatable bonds is 10. The fourth-order valence-electron chi connectivity index (χ4n) is 4.57. The van der Waals surface area contributed by atoms with Gasteiger partial charge in [-0.3, -0.25) is 4.79 Å². The van der Waals surface area contributed by atoms with Gasteiger partial charge in [0, 0.05) is 13.2 Å². The highest BCUT2D eigenvalue weighted by molar-refractivity contribution is 7.92. The molecule has 2 fully saturated rings. The highest BCUT2D eigenvalue weighted by Gasteiger charge is 2.37. The summed E-state index contributed by atoms with van der Waals surface area (Å²) in [6, 6.07) is 16.2. The van der Waals surface area contributed by atoms with E-state index in [2.05, 4.69) is 10.3 Å². The molecule has 3 aromatic rings. The molecule has 1 aromatic heterocycles.